The first-order valence-electron chi connectivity index (χ1n) is 6.67. The Hall–Kier alpha value is -1.29. The first-order valence-corrected chi connectivity index (χ1v) is 8.22. The van der Waals surface area contributed by atoms with Gasteiger partial charge in [0.1, 0.15) is 12.1 Å². The SMILES string of the molecule is Cc1ccc2c(Cl)cc(Br)c(OCc3ccc(Cl)cc3)c2n1. The summed E-state index contributed by atoms with van der Waals surface area (Å²) in [6, 6.07) is 13.3. The Morgan fingerprint density at radius 2 is 1.82 bits per heavy atom. The summed E-state index contributed by atoms with van der Waals surface area (Å²) < 4.78 is 6.76. The first-order chi connectivity index (χ1) is 10.5. The molecular formula is C17H12BrCl2NO. The second kappa shape index (κ2) is 6.45. The lowest BCUT2D eigenvalue weighted by Crippen LogP contribution is -1.98. The Bertz CT molecular complexity index is 834. The van der Waals surface area contributed by atoms with Gasteiger partial charge in [0.05, 0.1) is 9.50 Å². The molecule has 0 saturated carbocycles. The van der Waals surface area contributed by atoms with Gasteiger partial charge >= 0.3 is 0 Å². The highest BCUT2D eigenvalue weighted by Gasteiger charge is 2.13. The summed E-state index contributed by atoms with van der Waals surface area (Å²) in [6.45, 7) is 2.37. The maximum atomic E-state index is 6.28. The van der Waals surface area contributed by atoms with Crippen LogP contribution in [0.25, 0.3) is 10.9 Å². The molecule has 3 rings (SSSR count). The highest BCUT2D eigenvalue weighted by molar-refractivity contribution is 9.10. The number of benzene rings is 2. The van der Waals surface area contributed by atoms with Gasteiger partial charge in [-0.05, 0) is 58.7 Å². The van der Waals surface area contributed by atoms with Crippen molar-refractivity contribution in [2.75, 3.05) is 0 Å². The van der Waals surface area contributed by atoms with Crippen molar-refractivity contribution in [3.8, 4) is 5.75 Å². The van der Waals surface area contributed by atoms with Crippen LogP contribution in [0.3, 0.4) is 0 Å². The minimum atomic E-state index is 0.433. The van der Waals surface area contributed by atoms with Gasteiger partial charge in [0.15, 0.2) is 5.75 Å². The molecule has 1 heterocycles. The fourth-order valence-corrected chi connectivity index (χ4v) is 3.21. The van der Waals surface area contributed by atoms with Crippen LogP contribution in [0, 0.1) is 6.92 Å². The predicted molar refractivity (Wildman–Crippen MR) is 95.0 cm³/mol. The number of aromatic nitrogens is 1. The van der Waals surface area contributed by atoms with Gasteiger partial charge in [0.2, 0.25) is 0 Å². The van der Waals surface area contributed by atoms with Crippen LogP contribution in [0.1, 0.15) is 11.3 Å². The largest absolute Gasteiger partial charge is 0.485 e. The fraction of sp³-hybridized carbons (Fsp3) is 0.118. The molecule has 0 saturated heterocycles. The zero-order valence-corrected chi connectivity index (χ0v) is 14.8. The molecule has 3 aromatic rings. The third-order valence-corrected chi connectivity index (χ3v) is 4.43. The summed E-state index contributed by atoms with van der Waals surface area (Å²) in [6.07, 6.45) is 0. The Morgan fingerprint density at radius 3 is 2.55 bits per heavy atom. The van der Waals surface area contributed by atoms with E-state index in [1.54, 1.807) is 0 Å². The number of nitrogens with zero attached hydrogens (tertiary/aromatic N) is 1. The van der Waals surface area contributed by atoms with Crippen molar-refractivity contribution in [2.24, 2.45) is 0 Å². The van der Waals surface area contributed by atoms with Crippen molar-refractivity contribution in [1.29, 1.82) is 0 Å². The van der Waals surface area contributed by atoms with Gasteiger partial charge in [-0.2, -0.15) is 0 Å². The van der Waals surface area contributed by atoms with Gasteiger partial charge < -0.3 is 4.74 Å². The van der Waals surface area contributed by atoms with Crippen LogP contribution in [0.5, 0.6) is 5.75 Å². The number of fused-ring (bicyclic) bond motifs is 1. The van der Waals surface area contributed by atoms with Crippen molar-refractivity contribution < 1.29 is 4.74 Å². The highest BCUT2D eigenvalue weighted by Crippen LogP contribution is 2.37. The molecule has 0 amide bonds. The fourth-order valence-electron chi connectivity index (χ4n) is 2.16. The molecule has 0 fully saturated rings. The van der Waals surface area contributed by atoms with E-state index in [-0.39, 0.29) is 0 Å². The van der Waals surface area contributed by atoms with E-state index in [1.807, 2.05) is 49.4 Å². The topological polar surface area (TPSA) is 22.1 Å². The Balaban J connectivity index is 1.99. The summed E-state index contributed by atoms with van der Waals surface area (Å²) in [5, 5.41) is 2.23. The number of rotatable bonds is 3. The molecule has 0 radical (unpaired) electrons. The van der Waals surface area contributed by atoms with Crippen molar-refractivity contribution in [2.45, 2.75) is 13.5 Å². The molecule has 0 spiro atoms. The molecule has 22 heavy (non-hydrogen) atoms. The molecule has 0 aliphatic rings. The molecule has 0 bridgehead atoms. The highest BCUT2D eigenvalue weighted by atomic mass is 79.9. The van der Waals surface area contributed by atoms with Crippen LogP contribution in [0.15, 0.2) is 46.9 Å². The van der Waals surface area contributed by atoms with Crippen LogP contribution in [-0.4, -0.2) is 4.98 Å². The Kier molecular flexibility index (Phi) is 4.57. The van der Waals surface area contributed by atoms with Crippen molar-refractivity contribution in [3.63, 3.8) is 0 Å². The van der Waals surface area contributed by atoms with Crippen LogP contribution < -0.4 is 4.74 Å². The summed E-state index contributed by atoms with van der Waals surface area (Å²) in [7, 11) is 0. The molecule has 0 aliphatic heterocycles. The van der Waals surface area contributed by atoms with E-state index in [0.29, 0.717) is 22.4 Å². The predicted octanol–water partition coefficient (Wildman–Crippen LogP) is 6.19. The van der Waals surface area contributed by atoms with Gasteiger partial charge in [-0.3, -0.25) is 0 Å². The molecule has 112 valence electrons. The van der Waals surface area contributed by atoms with Crippen molar-refractivity contribution >= 4 is 50.0 Å². The van der Waals surface area contributed by atoms with E-state index < -0.39 is 0 Å². The number of halogens is 3. The maximum Gasteiger partial charge on any atom is 0.160 e. The van der Waals surface area contributed by atoms with Gasteiger partial charge in [-0.1, -0.05) is 35.3 Å². The molecular weight excluding hydrogens is 385 g/mol. The number of hydrogen-bond acceptors (Lipinski definition) is 2. The molecule has 0 aliphatic carbocycles. The Labute approximate surface area is 147 Å². The van der Waals surface area contributed by atoms with E-state index >= 15 is 0 Å². The van der Waals surface area contributed by atoms with Gasteiger partial charge in [0.25, 0.3) is 0 Å². The standard InChI is InChI=1S/C17H12BrCl2NO/c1-10-2-7-13-15(20)8-14(18)17(16(13)21-10)22-9-11-3-5-12(19)6-4-11/h2-8H,9H2,1H3. The summed E-state index contributed by atoms with van der Waals surface area (Å²) in [4.78, 5) is 4.56. The second-order valence-corrected chi connectivity index (χ2v) is 6.63. The van der Waals surface area contributed by atoms with Gasteiger partial charge in [-0.25, -0.2) is 4.98 Å². The zero-order chi connectivity index (χ0) is 15.7. The summed E-state index contributed by atoms with van der Waals surface area (Å²) in [5.74, 6) is 0.693. The third kappa shape index (κ3) is 3.22. The molecule has 1 aromatic heterocycles. The average molecular weight is 397 g/mol. The molecule has 0 atom stereocenters. The van der Waals surface area contributed by atoms with Gasteiger partial charge in [-0.15, -0.1) is 0 Å². The lowest BCUT2D eigenvalue weighted by atomic mass is 10.2. The van der Waals surface area contributed by atoms with Crippen LogP contribution >= 0.6 is 39.1 Å². The number of pyridine rings is 1. The maximum absolute atomic E-state index is 6.28. The molecule has 0 N–H and O–H groups in total. The number of aryl methyl sites for hydroxylation is 1. The van der Waals surface area contributed by atoms with Crippen molar-refractivity contribution in [1.82, 2.24) is 4.98 Å². The third-order valence-electron chi connectivity index (χ3n) is 3.27. The lowest BCUT2D eigenvalue weighted by Gasteiger charge is -2.12. The van der Waals surface area contributed by atoms with E-state index in [0.717, 1.165) is 26.6 Å². The smallest absolute Gasteiger partial charge is 0.160 e. The number of hydrogen-bond donors (Lipinski definition) is 0. The zero-order valence-electron chi connectivity index (χ0n) is 11.7. The molecule has 2 aromatic carbocycles. The lowest BCUT2D eigenvalue weighted by molar-refractivity contribution is 0.307. The summed E-state index contributed by atoms with van der Waals surface area (Å²) in [5.41, 5.74) is 2.71. The normalized spacial score (nSPS) is 10.9. The first kappa shape index (κ1) is 15.6. The van der Waals surface area contributed by atoms with E-state index in [4.69, 9.17) is 27.9 Å². The average Bonchev–Trinajstić information content (AvgIpc) is 2.48. The molecule has 5 heteroatoms. The van der Waals surface area contributed by atoms with Crippen LogP contribution in [0.2, 0.25) is 10.0 Å². The minimum Gasteiger partial charge on any atom is -0.485 e. The quantitative estimate of drug-likeness (QED) is 0.526. The van der Waals surface area contributed by atoms with Crippen LogP contribution in [0.4, 0.5) is 0 Å². The van der Waals surface area contributed by atoms with Crippen molar-refractivity contribution in [3.05, 3.63) is 68.2 Å². The number of ether oxygens (including phenoxy) is 1. The van der Waals surface area contributed by atoms with Crippen LogP contribution in [-0.2, 0) is 6.61 Å². The van der Waals surface area contributed by atoms with E-state index in [9.17, 15) is 0 Å². The minimum absolute atomic E-state index is 0.433. The molecule has 0 unspecified atom stereocenters. The molecule has 2 nitrogen and oxygen atoms in total. The van der Waals surface area contributed by atoms with E-state index in [1.165, 1.54) is 0 Å². The second-order valence-electron chi connectivity index (χ2n) is 4.93. The monoisotopic (exact) mass is 395 g/mol. The van der Waals surface area contributed by atoms with Gasteiger partial charge in [0, 0.05) is 16.1 Å². The Morgan fingerprint density at radius 1 is 1.09 bits per heavy atom. The summed E-state index contributed by atoms with van der Waals surface area (Å²) >= 11 is 15.7. The van der Waals surface area contributed by atoms with E-state index in [2.05, 4.69) is 20.9 Å².